The van der Waals surface area contributed by atoms with E-state index < -0.39 is 12.0 Å². The number of hydrogen-bond acceptors (Lipinski definition) is 7. The first-order valence-corrected chi connectivity index (χ1v) is 22.5. The lowest BCUT2D eigenvalue weighted by Crippen LogP contribution is -2.60. The lowest BCUT2D eigenvalue weighted by atomic mass is 9.84. The van der Waals surface area contributed by atoms with Gasteiger partial charge in [0.1, 0.15) is 23.3 Å². The number of carbonyl (C=O) groups is 1. The number of aliphatic carboxylic acids is 1. The largest absolute Gasteiger partial charge is 0.497 e. The number of methoxy groups -OCH3 is 3. The molecular formula is C51H67N2O7+. The maximum atomic E-state index is 13.4. The van der Waals surface area contributed by atoms with Gasteiger partial charge in [0.05, 0.1) is 34.9 Å². The van der Waals surface area contributed by atoms with Gasteiger partial charge in [-0.15, -0.1) is 0 Å². The molecule has 4 unspecified atom stereocenters. The number of carboxylic acids is 1. The van der Waals surface area contributed by atoms with E-state index in [0.29, 0.717) is 46.9 Å². The molecule has 4 heterocycles. The molecule has 4 aromatic rings. The van der Waals surface area contributed by atoms with Crippen molar-refractivity contribution in [3.8, 4) is 40.2 Å². The number of nitrogens with zero attached hydrogens (tertiary/aromatic N) is 2. The van der Waals surface area contributed by atoms with E-state index in [1.807, 2.05) is 24.3 Å². The molecule has 9 heteroatoms. The second-order valence-corrected chi connectivity index (χ2v) is 17.5. The van der Waals surface area contributed by atoms with Crippen molar-refractivity contribution in [2.24, 2.45) is 0 Å². The van der Waals surface area contributed by atoms with Gasteiger partial charge in [-0.3, -0.25) is 4.90 Å². The molecule has 6 bridgehead atoms. The van der Waals surface area contributed by atoms with E-state index in [9.17, 15) is 9.90 Å². The van der Waals surface area contributed by atoms with E-state index in [0.717, 1.165) is 84.6 Å². The molecule has 0 radical (unpaired) electrons. The second kappa shape index (κ2) is 19.8. The molecule has 1 N–H and O–H groups in total. The van der Waals surface area contributed by atoms with Gasteiger partial charge in [-0.2, -0.15) is 0 Å². The Labute approximate surface area is 358 Å². The highest BCUT2D eigenvalue weighted by Gasteiger charge is 2.48. The number of hydrogen-bond donors (Lipinski definition) is 1. The number of ether oxygens (including phenoxy) is 5. The summed E-state index contributed by atoms with van der Waals surface area (Å²) in [6.45, 7) is 3.86. The summed E-state index contributed by atoms with van der Waals surface area (Å²) in [5.74, 6) is 4.08. The van der Waals surface area contributed by atoms with Crippen LogP contribution in [0, 0.1) is 0 Å². The SMILES string of the molecule is CCCCCCCCCCCCC(C(=O)O)[N+]1(C)CCc2cc(OC)c3cc2C1Cc1ccc(cc1)Oc1cc(ccc1OC)CC1c2c(cc(OC)cc2O3)CCN1C. The van der Waals surface area contributed by atoms with Crippen LogP contribution in [-0.4, -0.2) is 75.0 Å². The molecule has 0 amide bonds. The average molecular weight is 820 g/mol. The molecule has 4 atom stereocenters. The summed E-state index contributed by atoms with van der Waals surface area (Å²) in [6, 6.07) is 22.2. The zero-order valence-corrected chi connectivity index (χ0v) is 36.9. The number of likely N-dealkylation sites (N-methyl/N-ethyl adjacent to an activating group) is 2. The standard InChI is InChI=1S/C51H66N2O7/c1-7-8-9-10-11-12-13-14-15-16-17-43(51(54)55)53(3)27-25-37-32-46(58-6)48-34-41(37)44(53)29-35-18-21-39(22-19-35)59-47-30-36(20-23-45(47)57-5)28-42-50-38(24-26-52(42)2)31-40(56-4)33-49(50)60-48/h18-23,30-34,42-44H,7-17,24-29H2,1-6H3/p+1. The molecule has 0 aliphatic carbocycles. The van der Waals surface area contributed by atoms with E-state index in [2.05, 4.69) is 68.4 Å². The molecule has 4 aliphatic rings. The lowest BCUT2D eigenvalue weighted by Gasteiger charge is -2.49. The quantitative estimate of drug-likeness (QED) is 0.0883. The van der Waals surface area contributed by atoms with Crippen LogP contribution < -0.4 is 23.7 Å². The van der Waals surface area contributed by atoms with Crippen LogP contribution in [0.15, 0.2) is 66.7 Å². The summed E-state index contributed by atoms with van der Waals surface area (Å²) < 4.78 is 31.8. The minimum atomic E-state index is -0.723. The highest BCUT2D eigenvalue weighted by atomic mass is 16.5. The van der Waals surface area contributed by atoms with E-state index in [4.69, 9.17) is 23.7 Å². The van der Waals surface area contributed by atoms with Crippen molar-refractivity contribution in [1.82, 2.24) is 4.90 Å². The van der Waals surface area contributed by atoms with E-state index >= 15 is 0 Å². The zero-order chi connectivity index (χ0) is 42.2. The number of unbranched alkanes of at least 4 members (excludes halogenated alkanes) is 9. The number of carboxylic acid groups (broad SMARTS) is 1. The Morgan fingerprint density at radius 2 is 1.43 bits per heavy atom. The Morgan fingerprint density at radius 1 is 0.750 bits per heavy atom. The Bertz CT molecular complexity index is 2080. The summed E-state index contributed by atoms with van der Waals surface area (Å²) >= 11 is 0. The van der Waals surface area contributed by atoms with Gasteiger partial charge in [-0.05, 0) is 91.0 Å². The molecule has 322 valence electrons. The fraction of sp³-hybridized carbons (Fsp3) is 0.510. The Balaban J connectivity index is 1.29. The molecular weight excluding hydrogens is 753 g/mol. The van der Waals surface area contributed by atoms with Crippen molar-refractivity contribution in [2.45, 2.75) is 121 Å². The molecule has 8 rings (SSSR count). The average Bonchev–Trinajstić information content (AvgIpc) is 3.25. The first-order chi connectivity index (χ1) is 29.1. The molecule has 60 heavy (non-hydrogen) atoms. The first kappa shape index (κ1) is 43.4. The summed E-state index contributed by atoms with van der Waals surface area (Å²) in [5.41, 5.74) is 6.83. The van der Waals surface area contributed by atoms with Gasteiger partial charge < -0.3 is 33.3 Å². The van der Waals surface area contributed by atoms with E-state index in [1.165, 1.54) is 56.1 Å². The Kier molecular flexibility index (Phi) is 14.3. The van der Waals surface area contributed by atoms with Crippen LogP contribution in [0.3, 0.4) is 0 Å². The summed E-state index contributed by atoms with van der Waals surface area (Å²) in [4.78, 5) is 15.8. The summed E-state index contributed by atoms with van der Waals surface area (Å²) in [6.07, 6.45) is 15.8. The predicted molar refractivity (Wildman–Crippen MR) is 237 cm³/mol. The van der Waals surface area contributed by atoms with Crippen LogP contribution in [-0.2, 0) is 30.5 Å². The molecule has 0 saturated heterocycles. The smallest absolute Gasteiger partial charge is 0.362 e. The number of fused-ring (bicyclic) bond motifs is 2. The number of quaternary nitrogens is 1. The summed E-state index contributed by atoms with van der Waals surface area (Å²) in [5, 5.41) is 11.0. The molecule has 0 saturated carbocycles. The topological polar surface area (TPSA) is 86.7 Å². The van der Waals surface area contributed by atoms with Gasteiger partial charge in [0.2, 0.25) is 0 Å². The van der Waals surface area contributed by atoms with Crippen molar-refractivity contribution in [3.05, 3.63) is 100 Å². The van der Waals surface area contributed by atoms with Crippen LogP contribution in [0.2, 0.25) is 0 Å². The minimum absolute atomic E-state index is 0.00696. The highest BCUT2D eigenvalue weighted by Crippen LogP contribution is 2.48. The summed E-state index contributed by atoms with van der Waals surface area (Å²) in [7, 11) is 9.42. The van der Waals surface area contributed by atoms with Crippen molar-refractivity contribution < 1.29 is 38.1 Å². The maximum absolute atomic E-state index is 13.4. The van der Waals surface area contributed by atoms with E-state index in [-0.39, 0.29) is 12.1 Å². The fourth-order valence-electron chi connectivity index (χ4n) is 10.1. The van der Waals surface area contributed by atoms with Gasteiger partial charge >= 0.3 is 5.97 Å². The Hall–Kier alpha value is -4.73. The van der Waals surface area contributed by atoms with Crippen LogP contribution >= 0.6 is 0 Å². The third-order valence-corrected chi connectivity index (χ3v) is 13.7. The van der Waals surface area contributed by atoms with Gasteiger partial charge in [0.15, 0.2) is 29.0 Å². The molecule has 0 spiro atoms. The van der Waals surface area contributed by atoms with Crippen molar-refractivity contribution >= 4 is 5.97 Å². The van der Waals surface area contributed by atoms with Gasteiger partial charge in [0.25, 0.3) is 0 Å². The van der Waals surface area contributed by atoms with Crippen LogP contribution in [0.25, 0.3) is 0 Å². The number of benzene rings is 4. The predicted octanol–water partition coefficient (Wildman–Crippen LogP) is 11.4. The molecule has 4 aliphatic heterocycles. The number of rotatable bonds is 16. The minimum Gasteiger partial charge on any atom is -0.497 e. The molecule has 9 nitrogen and oxygen atoms in total. The molecule has 4 aromatic carbocycles. The monoisotopic (exact) mass is 819 g/mol. The fourth-order valence-corrected chi connectivity index (χ4v) is 10.1. The van der Waals surface area contributed by atoms with Crippen molar-refractivity contribution in [1.29, 1.82) is 0 Å². The van der Waals surface area contributed by atoms with Crippen LogP contribution in [0.1, 0.15) is 123 Å². The van der Waals surface area contributed by atoms with E-state index in [1.54, 1.807) is 21.3 Å². The normalized spacial score (nSPS) is 20.2. The van der Waals surface area contributed by atoms with Crippen molar-refractivity contribution in [2.75, 3.05) is 48.5 Å². The lowest BCUT2D eigenvalue weighted by molar-refractivity contribution is -0.956. The second-order valence-electron chi connectivity index (χ2n) is 17.5. The van der Waals surface area contributed by atoms with Crippen molar-refractivity contribution in [3.63, 3.8) is 0 Å². The van der Waals surface area contributed by atoms with Gasteiger partial charge in [-0.25, -0.2) is 4.79 Å². The maximum Gasteiger partial charge on any atom is 0.362 e. The molecule has 0 aromatic heterocycles. The molecule has 0 fully saturated rings. The zero-order valence-electron chi connectivity index (χ0n) is 36.9. The van der Waals surface area contributed by atoms with Gasteiger partial charge in [0, 0.05) is 49.0 Å². The Morgan fingerprint density at radius 3 is 2.12 bits per heavy atom. The van der Waals surface area contributed by atoms with Crippen LogP contribution in [0.4, 0.5) is 0 Å². The highest BCUT2D eigenvalue weighted by molar-refractivity contribution is 5.72. The third kappa shape index (κ3) is 9.58. The first-order valence-electron chi connectivity index (χ1n) is 22.5. The van der Waals surface area contributed by atoms with Crippen LogP contribution in [0.5, 0.6) is 40.2 Å². The van der Waals surface area contributed by atoms with Gasteiger partial charge in [-0.1, -0.05) is 82.9 Å². The third-order valence-electron chi connectivity index (χ3n) is 13.7.